The topological polar surface area (TPSA) is 32.6 Å². The van der Waals surface area contributed by atoms with Crippen LogP contribution in [0.5, 0.6) is 0 Å². The highest BCUT2D eigenvalue weighted by atomic mass is 16.4. The van der Waals surface area contributed by atoms with Gasteiger partial charge in [0.25, 0.3) is 0 Å². The van der Waals surface area contributed by atoms with E-state index < -0.39 is 0 Å². The predicted molar refractivity (Wildman–Crippen MR) is 39.0 cm³/mol. The summed E-state index contributed by atoms with van der Waals surface area (Å²) in [7, 11) is 0. The Morgan fingerprint density at radius 3 is 2.56 bits per heavy atom. The van der Waals surface area contributed by atoms with Crippen molar-refractivity contribution in [3.05, 3.63) is 0 Å². The first-order valence-corrected chi connectivity index (χ1v) is 3.48. The minimum atomic E-state index is 0.837. The van der Waals surface area contributed by atoms with Crippen LogP contribution in [0.4, 0.5) is 0 Å². The molecule has 0 aliphatic carbocycles. The van der Waals surface area contributed by atoms with Gasteiger partial charge in [0.2, 0.25) is 0 Å². The average Bonchev–Trinajstić information content (AvgIpc) is 1.89. The molecule has 0 rings (SSSR count). The maximum atomic E-state index is 8.22. The van der Waals surface area contributed by atoms with Crippen molar-refractivity contribution in [2.24, 2.45) is 5.16 Å². The van der Waals surface area contributed by atoms with Crippen molar-refractivity contribution in [3.63, 3.8) is 0 Å². The van der Waals surface area contributed by atoms with E-state index in [4.69, 9.17) is 5.21 Å². The van der Waals surface area contributed by atoms with Gasteiger partial charge in [0.15, 0.2) is 0 Å². The van der Waals surface area contributed by atoms with Crippen LogP contribution in [0, 0.1) is 0 Å². The molecule has 1 N–H and O–H groups in total. The summed E-state index contributed by atoms with van der Waals surface area (Å²) in [6.45, 7) is 4.00. The van der Waals surface area contributed by atoms with Gasteiger partial charge < -0.3 is 5.21 Å². The molecule has 0 aromatic rings. The third-order valence-corrected chi connectivity index (χ3v) is 1.31. The van der Waals surface area contributed by atoms with Gasteiger partial charge in [-0.25, -0.2) is 0 Å². The van der Waals surface area contributed by atoms with Gasteiger partial charge in [-0.1, -0.05) is 24.9 Å². The fourth-order valence-corrected chi connectivity index (χ4v) is 0.681. The fraction of sp³-hybridized carbons (Fsp3) is 0.857. The van der Waals surface area contributed by atoms with E-state index in [9.17, 15) is 0 Å². The Morgan fingerprint density at radius 1 is 1.44 bits per heavy atom. The van der Waals surface area contributed by atoms with Gasteiger partial charge >= 0.3 is 0 Å². The van der Waals surface area contributed by atoms with Crippen LogP contribution in [0.2, 0.25) is 0 Å². The number of rotatable bonds is 4. The number of unbranched alkanes of at least 4 members (excludes halogenated alkanes) is 2. The van der Waals surface area contributed by atoms with Gasteiger partial charge in [0.05, 0.1) is 5.71 Å². The molecule has 0 bridgehead atoms. The van der Waals surface area contributed by atoms with E-state index in [2.05, 4.69) is 12.1 Å². The third-order valence-electron chi connectivity index (χ3n) is 1.31. The molecule has 0 spiro atoms. The Bertz CT molecular complexity index is 88.9. The van der Waals surface area contributed by atoms with E-state index in [1.165, 1.54) is 12.8 Å². The molecule has 0 atom stereocenters. The van der Waals surface area contributed by atoms with Crippen molar-refractivity contribution in [1.82, 2.24) is 0 Å². The molecule has 0 aromatic heterocycles. The lowest BCUT2D eigenvalue weighted by molar-refractivity contribution is 0.317. The van der Waals surface area contributed by atoms with Crippen LogP contribution in [0.1, 0.15) is 39.5 Å². The normalized spacial score (nSPS) is 12.0. The van der Waals surface area contributed by atoms with Gasteiger partial charge in [-0.05, 0) is 19.8 Å². The van der Waals surface area contributed by atoms with Crippen molar-refractivity contribution in [2.75, 3.05) is 0 Å². The molecule has 0 saturated carbocycles. The van der Waals surface area contributed by atoms with Crippen molar-refractivity contribution in [2.45, 2.75) is 39.5 Å². The summed E-state index contributed by atoms with van der Waals surface area (Å²) >= 11 is 0. The van der Waals surface area contributed by atoms with E-state index in [1.54, 1.807) is 0 Å². The SMILES string of the molecule is CCCCC/C(C)=N/O. The third kappa shape index (κ3) is 5.34. The first kappa shape index (κ1) is 8.47. The Hall–Kier alpha value is -0.530. The highest BCUT2D eigenvalue weighted by molar-refractivity contribution is 5.81. The van der Waals surface area contributed by atoms with Crippen LogP contribution in [0.15, 0.2) is 5.16 Å². The van der Waals surface area contributed by atoms with E-state index in [0.717, 1.165) is 18.6 Å². The van der Waals surface area contributed by atoms with Crippen LogP contribution in [-0.2, 0) is 0 Å². The van der Waals surface area contributed by atoms with Gasteiger partial charge in [0.1, 0.15) is 0 Å². The lowest BCUT2D eigenvalue weighted by Gasteiger charge is -1.94. The minimum Gasteiger partial charge on any atom is -0.411 e. The lowest BCUT2D eigenvalue weighted by atomic mass is 10.1. The van der Waals surface area contributed by atoms with Gasteiger partial charge in [0, 0.05) is 0 Å². The van der Waals surface area contributed by atoms with Crippen LogP contribution in [-0.4, -0.2) is 10.9 Å². The molecule has 2 nitrogen and oxygen atoms in total. The second-order valence-corrected chi connectivity index (χ2v) is 2.29. The molecule has 9 heavy (non-hydrogen) atoms. The first-order valence-electron chi connectivity index (χ1n) is 3.48. The van der Waals surface area contributed by atoms with Gasteiger partial charge in [-0.15, -0.1) is 0 Å². The van der Waals surface area contributed by atoms with Crippen molar-refractivity contribution >= 4 is 5.71 Å². The van der Waals surface area contributed by atoms with E-state index in [0.29, 0.717) is 0 Å². The highest BCUT2D eigenvalue weighted by Crippen LogP contribution is 1.99. The second-order valence-electron chi connectivity index (χ2n) is 2.29. The Labute approximate surface area is 56.6 Å². The first-order chi connectivity index (χ1) is 4.31. The van der Waals surface area contributed by atoms with Crippen LogP contribution in [0.3, 0.4) is 0 Å². The molecule has 0 aromatic carbocycles. The van der Waals surface area contributed by atoms with Crippen molar-refractivity contribution in [1.29, 1.82) is 0 Å². The molecule has 0 heterocycles. The Balaban J connectivity index is 3.07. The number of oxime groups is 1. The fourth-order valence-electron chi connectivity index (χ4n) is 0.681. The molecule has 0 aliphatic heterocycles. The van der Waals surface area contributed by atoms with Gasteiger partial charge in [-0.3, -0.25) is 0 Å². The summed E-state index contributed by atoms with van der Waals surface area (Å²) in [6, 6.07) is 0. The van der Waals surface area contributed by atoms with Crippen LogP contribution in [0.25, 0.3) is 0 Å². The summed E-state index contributed by atoms with van der Waals surface area (Å²) in [5.41, 5.74) is 0.837. The number of hydrogen-bond acceptors (Lipinski definition) is 2. The van der Waals surface area contributed by atoms with Crippen LogP contribution >= 0.6 is 0 Å². The monoisotopic (exact) mass is 129 g/mol. The van der Waals surface area contributed by atoms with Crippen molar-refractivity contribution in [3.8, 4) is 0 Å². The summed E-state index contributed by atoms with van der Waals surface area (Å²) < 4.78 is 0. The number of nitrogens with zero attached hydrogens (tertiary/aromatic N) is 1. The molecule has 0 saturated heterocycles. The molecule has 0 amide bonds. The Kier molecular flexibility index (Phi) is 5.27. The zero-order chi connectivity index (χ0) is 7.11. The summed E-state index contributed by atoms with van der Waals surface area (Å²) in [4.78, 5) is 0. The average molecular weight is 129 g/mol. The zero-order valence-corrected chi connectivity index (χ0v) is 6.22. The smallest absolute Gasteiger partial charge is 0.0540 e. The summed E-state index contributed by atoms with van der Waals surface area (Å²) in [5, 5.41) is 11.3. The molecular formula is C7H15NO. The van der Waals surface area contributed by atoms with E-state index in [1.807, 2.05) is 6.92 Å². The maximum Gasteiger partial charge on any atom is 0.0540 e. The lowest BCUT2D eigenvalue weighted by Crippen LogP contribution is -1.89. The van der Waals surface area contributed by atoms with Crippen LogP contribution < -0.4 is 0 Å². The molecular weight excluding hydrogens is 114 g/mol. The summed E-state index contributed by atoms with van der Waals surface area (Å²) in [6.07, 6.45) is 4.53. The molecule has 0 unspecified atom stereocenters. The van der Waals surface area contributed by atoms with E-state index in [-0.39, 0.29) is 0 Å². The summed E-state index contributed by atoms with van der Waals surface area (Å²) in [5.74, 6) is 0. The molecule has 0 fully saturated rings. The maximum absolute atomic E-state index is 8.22. The van der Waals surface area contributed by atoms with Crippen molar-refractivity contribution < 1.29 is 5.21 Å². The largest absolute Gasteiger partial charge is 0.411 e. The predicted octanol–water partition coefficient (Wildman–Crippen LogP) is 2.42. The number of hydrogen-bond donors (Lipinski definition) is 1. The molecule has 54 valence electrons. The quantitative estimate of drug-likeness (QED) is 0.269. The molecule has 0 aliphatic rings. The van der Waals surface area contributed by atoms with E-state index >= 15 is 0 Å². The highest BCUT2D eigenvalue weighted by Gasteiger charge is 1.89. The Morgan fingerprint density at radius 2 is 2.11 bits per heavy atom. The van der Waals surface area contributed by atoms with Gasteiger partial charge in [-0.2, -0.15) is 0 Å². The second kappa shape index (κ2) is 5.60. The molecule has 2 heteroatoms. The minimum absolute atomic E-state index is 0.837. The molecule has 0 radical (unpaired) electrons. The zero-order valence-electron chi connectivity index (χ0n) is 6.22. The standard InChI is InChI=1S/C7H15NO/c1-3-4-5-6-7(2)8-9/h9H,3-6H2,1-2H3/b8-7+.